The van der Waals surface area contributed by atoms with E-state index in [0.717, 1.165) is 37.8 Å². The molecular weight excluding hydrogens is 342 g/mol. The fourth-order valence-corrected chi connectivity index (χ4v) is 3.67. The van der Waals surface area contributed by atoms with Gasteiger partial charge in [-0.15, -0.1) is 10.2 Å². The number of carbonyl (C=O) groups excluding carboxylic acids is 1. The SMILES string of the molecule is O=C(c1cnccn1)N1CCN(c2ccc(N3CCCCCC3)nn2)CC1. The fraction of sp³-hybridized carbons (Fsp3) is 0.526. The normalized spacial score (nSPS) is 18.3. The topological polar surface area (TPSA) is 78.4 Å². The number of hydrogen-bond donors (Lipinski definition) is 0. The van der Waals surface area contributed by atoms with Crippen molar-refractivity contribution < 1.29 is 4.79 Å². The van der Waals surface area contributed by atoms with E-state index < -0.39 is 0 Å². The number of piperazine rings is 1. The minimum Gasteiger partial charge on any atom is -0.355 e. The van der Waals surface area contributed by atoms with Crippen LogP contribution in [-0.4, -0.2) is 70.2 Å². The maximum atomic E-state index is 12.5. The van der Waals surface area contributed by atoms with Gasteiger partial charge in [-0.05, 0) is 25.0 Å². The Balaban J connectivity index is 1.35. The number of hydrogen-bond acceptors (Lipinski definition) is 7. The summed E-state index contributed by atoms with van der Waals surface area (Å²) >= 11 is 0. The summed E-state index contributed by atoms with van der Waals surface area (Å²) in [6.07, 6.45) is 9.70. The Morgan fingerprint density at radius 2 is 1.41 bits per heavy atom. The molecule has 0 aliphatic carbocycles. The fourth-order valence-electron chi connectivity index (χ4n) is 3.67. The molecule has 0 N–H and O–H groups in total. The molecule has 0 spiro atoms. The predicted molar refractivity (Wildman–Crippen MR) is 103 cm³/mol. The largest absolute Gasteiger partial charge is 0.355 e. The second-order valence-corrected chi connectivity index (χ2v) is 7.02. The van der Waals surface area contributed by atoms with Crippen molar-refractivity contribution in [2.24, 2.45) is 0 Å². The minimum atomic E-state index is -0.0645. The summed E-state index contributed by atoms with van der Waals surface area (Å²) in [6, 6.07) is 4.12. The van der Waals surface area contributed by atoms with Gasteiger partial charge >= 0.3 is 0 Å². The van der Waals surface area contributed by atoms with Crippen molar-refractivity contribution in [2.45, 2.75) is 25.7 Å². The van der Waals surface area contributed by atoms with Crippen LogP contribution in [0.2, 0.25) is 0 Å². The maximum Gasteiger partial charge on any atom is 0.274 e. The standard InChI is InChI=1S/C19H25N7O/c27-19(16-15-20-7-8-21-16)26-13-11-25(12-14-26)18-6-5-17(22-23-18)24-9-3-1-2-4-10-24/h5-8,15H,1-4,9-14H2. The third kappa shape index (κ3) is 4.15. The van der Waals surface area contributed by atoms with Crippen LogP contribution in [0.1, 0.15) is 36.2 Å². The van der Waals surface area contributed by atoms with Gasteiger partial charge in [-0.1, -0.05) is 12.8 Å². The third-order valence-electron chi connectivity index (χ3n) is 5.24. The maximum absolute atomic E-state index is 12.5. The lowest BCUT2D eigenvalue weighted by Crippen LogP contribution is -2.49. The van der Waals surface area contributed by atoms with Crippen molar-refractivity contribution in [1.29, 1.82) is 0 Å². The monoisotopic (exact) mass is 367 g/mol. The first-order valence-electron chi connectivity index (χ1n) is 9.70. The van der Waals surface area contributed by atoms with E-state index in [0.29, 0.717) is 18.8 Å². The first-order valence-corrected chi connectivity index (χ1v) is 9.70. The van der Waals surface area contributed by atoms with E-state index in [9.17, 15) is 4.79 Å². The molecule has 2 fully saturated rings. The molecule has 4 rings (SSSR count). The molecule has 0 radical (unpaired) electrons. The number of rotatable bonds is 3. The van der Waals surface area contributed by atoms with Gasteiger partial charge in [-0.2, -0.15) is 0 Å². The molecule has 2 aliphatic rings. The molecule has 0 atom stereocenters. The number of nitrogens with zero attached hydrogens (tertiary/aromatic N) is 7. The molecule has 2 saturated heterocycles. The summed E-state index contributed by atoms with van der Waals surface area (Å²) in [5, 5.41) is 8.90. The van der Waals surface area contributed by atoms with E-state index in [1.807, 2.05) is 11.0 Å². The highest BCUT2D eigenvalue weighted by molar-refractivity contribution is 5.92. The molecule has 2 aromatic heterocycles. The van der Waals surface area contributed by atoms with Gasteiger partial charge < -0.3 is 14.7 Å². The summed E-state index contributed by atoms with van der Waals surface area (Å²) in [4.78, 5) is 26.9. The van der Waals surface area contributed by atoms with Gasteiger partial charge in [0.1, 0.15) is 5.69 Å². The summed E-state index contributed by atoms with van der Waals surface area (Å²) in [6.45, 7) is 4.90. The van der Waals surface area contributed by atoms with Gasteiger partial charge in [0, 0.05) is 51.7 Å². The summed E-state index contributed by atoms with van der Waals surface area (Å²) < 4.78 is 0. The first kappa shape index (κ1) is 17.6. The van der Waals surface area contributed by atoms with Crippen LogP contribution in [0, 0.1) is 0 Å². The molecular formula is C19H25N7O. The van der Waals surface area contributed by atoms with E-state index in [-0.39, 0.29) is 5.91 Å². The van der Waals surface area contributed by atoms with Gasteiger partial charge in [0.15, 0.2) is 11.6 Å². The second kappa shape index (κ2) is 8.28. The zero-order valence-electron chi connectivity index (χ0n) is 15.5. The zero-order valence-corrected chi connectivity index (χ0v) is 15.5. The number of aromatic nitrogens is 4. The van der Waals surface area contributed by atoms with Crippen LogP contribution in [0.5, 0.6) is 0 Å². The Hall–Kier alpha value is -2.77. The molecule has 8 nitrogen and oxygen atoms in total. The smallest absolute Gasteiger partial charge is 0.274 e. The molecule has 0 bridgehead atoms. The van der Waals surface area contributed by atoms with Crippen molar-refractivity contribution in [1.82, 2.24) is 25.1 Å². The van der Waals surface area contributed by atoms with Crippen LogP contribution in [0.15, 0.2) is 30.7 Å². The third-order valence-corrected chi connectivity index (χ3v) is 5.24. The number of amides is 1. The van der Waals surface area contributed by atoms with Gasteiger partial charge in [0.25, 0.3) is 5.91 Å². The molecule has 4 heterocycles. The summed E-state index contributed by atoms with van der Waals surface area (Å²) in [5.74, 6) is 1.78. The van der Waals surface area contributed by atoms with Gasteiger partial charge in [0.2, 0.25) is 0 Å². The van der Waals surface area contributed by atoms with E-state index in [1.165, 1.54) is 31.9 Å². The quantitative estimate of drug-likeness (QED) is 0.815. The average molecular weight is 367 g/mol. The molecule has 1 amide bonds. The Labute approximate surface area is 159 Å². The van der Waals surface area contributed by atoms with Crippen molar-refractivity contribution in [3.05, 3.63) is 36.4 Å². The summed E-state index contributed by atoms with van der Waals surface area (Å²) in [7, 11) is 0. The molecule has 27 heavy (non-hydrogen) atoms. The molecule has 0 saturated carbocycles. The van der Waals surface area contributed by atoms with Gasteiger partial charge in [-0.3, -0.25) is 9.78 Å². The van der Waals surface area contributed by atoms with Crippen LogP contribution in [0.25, 0.3) is 0 Å². The van der Waals surface area contributed by atoms with Crippen LogP contribution in [0.3, 0.4) is 0 Å². The van der Waals surface area contributed by atoms with Crippen molar-refractivity contribution in [3.63, 3.8) is 0 Å². The highest BCUT2D eigenvalue weighted by atomic mass is 16.2. The lowest BCUT2D eigenvalue weighted by molar-refractivity contribution is 0.0740. The zero-order chi connectivity index (χ0) is 18.5. The van der Waals surface area contributed by atoms with E-state index in [1.54, 1.807) is 12.4 Å². The second-order valence-electron chi connectivity index (χ2n) is 7.02. The Morgan fingerprint density at radius 3 is 1.96 bits per heavy atom. The molecule has 8 heteroatoms. The molecule has 0 unspecified atom stereocenters. The molecule has 2 aliphatic heterocycles. The Morgan fingerprint density at radius 1 is 0.778 bits per heavy atom. The Bertz CT molecular complexity index is 736. The highest BCUT2D eigenvalue weighted by Gasteiger charge is 2.24. The first-order chi connectivity index (χ1) is 13.3. The summed E-state index contributed by atoms with van der Waals surface area (Å²) in [5.41, 5.74) is 0.396. The van der Waals surface area contributed by atoms with Crippen molar-refractivity contribution in [2.75, 3.05) is 49.1 Å². The Kier molecular flexibility index (Phi) is 5.41. The molecule has 2 aromatic rings. The minimum absolute atomic E-state index is 0.0645. The molecule has 142 valence electrons. The lowest BCUT2D eigenvalue weighted by atomic mass is 10.2. The van der Waals surface area contributed by atoms with Crippen molar-refractivity contribution >= 4 is 17.5 Å². The van der Waals surface area contributed by atoms with Crippen LogP contribution in [-0.2, 0) is 0 Å². The van der Waals surface area contributed by atoms with Crippen molar-refractivity contribution in [3.8, 4) is 0 Å². The lowest BCUT2D eigenvalue weighted by Gasteiger charge is -2.35. The number of anilines is 2. The van der Waals surface area contributed by atoms with Crippen LogP contribution >= 0.6 is 0 Å². The van der Waals surface area contributed by atoms with E-state index in [4.69, 9.17) is 0 Å². The number of carbonyl (C=O) groups is 1. The predicted octanol–water partition coefficient (Wildman–Crippen LogP) is 1.61. The van der Waals surface area contributed by atoms with Gasteiger partial charge in [0.05, 0.1) is 6.20 Å². The van der Waals surface area contributed by atoms with Crippen LogP contribution < -0.4 is 9.80 Å². The molecule has 0 aromatic carbocycles. The van der Waals surface area contributed by atoms with E-state index >= 15 is 0 Å². The average Bonchev–Trinajstić information content (AvgIpc) is 3.04. The van der Waals surface area contributed by atoms with Crippen LogP contribution in [0.4, 0.5) is 11.6 Å². The highest BCUT2D eigenvalue weighted by Crippen LogP contribution is 2.20. The van der Waals surface area contributed by atoms with Gasteiger partial charge in [-0.25, -0.2) is 4.98 Å². The van der Waals surface area contributed by atoms with E-state index in [2.05, 4.69) is 36.0 Å².